The molecular weight excluding hydrogens is 385 g/mol. The third-order valence-electron chi connectivity index (χ3n) is 5.76. The van der Waals surface area contributed by atoms with Gasteiger partial charge >= 0.3 is 0 Å². The van der Waals surface area contributed by atoms with E-state index in [-0.39, 0.29) is 42.8 Å². The summed E-state index contributed by atoms with van der Waals surface area (Å²) in [5, 5.41) is 12.2. The summed E-state index contributed by atoms with van der Waals surface area (Å²) in [5.74, 6) is 0.00509. The summed E-state index contributed by atoms with van der Waals surface area (Å²) in [6.45, 7) is 6.20. The highest BCUT2D eigenvalue weighted by Crippen LogP contribution is 2.28. The summed E-state index contributed by atoms with van der Waals surface area (Å²) in [5.41, 5.74) is 2.36. The van der Waals surface area contributed by atoms with Crippen molar-refractivity contribution in [3.63, 3.8) is 0 Å². The SMILES string of the molecule is CCC(C)n1ncc2c(C(=O)NC3CC4CCC(C3)N4)cc(C)nc21.Cl.Cl. The van der Waals surface area contributed by atoms with Gasteiger partial charge in [0.05, 0.1) is 23.2 Å². The van der Waals surface area contributed by atoms with Crippen LogP contribution in [0.5, 0.6) is 0 Å². The van der Waals surface area contributed by atoms with E-state index in [1.165, 1.54) is 12.8 Å². The molecule has 1 amide bonds. The first kappa shape index (κ1) is 21.9. The minimum absolute atomic E-state index is 0. The second-order valence-electron chi connectivity index (χ2n) is 7.67. The molecule has 2 N–H and O–H groups in total. The molecule has 2 saturated heterocycles. The van der Waals surface area contributed by atoms with E-state index in [9.17, 15) is 4.79 Å². The third kappa shape index (κ3) is 4.23. The molecule has 2 fully saturated rings. The average molecular weight is 414 g/mol. The molecule has 2 bridgehead atoms. The minimum atomic E-state index is 0. The van der Waals surface area contributed by atoms with Gasteiger partial charge in [0, 0.05) is 23.8 Å². The van der Waals surface area contributed by atoms with Crippen molar-refractivity contribution in [1.82, 2.24) is 25.4 Å². The Morgan fingerprint density at radius 3 is 2.63 bits per heavy atom. The lowest BCUT2D eigenvalue weighted by atomic mass is 9.99. The molecule has 8 heteroatoms. The Kier molecular flexibility index (Phi) is 7.11. The maximum absolute atomic E-state index is 13.0. The first-order valence-corrected chi connectivity index (χ1v) is 9.47. The summed E-state index contributed by atoms with van der Waals surface area (Å²) in [4.78, 5) is 17.6. The van der Waals surface area contributed by atoms with Crippen LogP contribution in [0.25, 0.3) is 11.0 Å². The van der Waals surface area contributed by atoms with E-state index in [0.717, 1.165) is 36.0 Å². The predicted octanol–water partition coefficient (Wildman–Crippen LogP) is 3.57. The van der Waals surface area contributed by atoms with E-state index in [4.69, 9.17) is 0 Å². The van der Waals surface area contributed by atoms with Crippen LogP contribution in [0.3, 0.4) is 0 Å². The molecule has 0 spiro atoms. The Morgan fingerprint density at radius 1 is 1.33 bits per heavy atom. The normalized spacial score (nSPS) is 24.8. The number of piperidine rings is 1. The van der Waals surface area contributed by atoms with Crippen LogP contribution in [0.1, 0.15) is 68.0 Å². The van der Waals surface area contributed by atoms with Gasteiger partial charge < -0.3 is 10.6 Å². The van der Waals surface area contributed by atoms with Crippen molar-refractivity contribution in [2.45, 2.75) is 77.0 Å². The van der Waals surface area contributed by atoms with Crippen LogP contribution in [-0.4, -0.2) is 38.8 Å². The van der Waals surface area contributed by atoms with Crippen molar-refractivity contribution < 1.29 is 4.79 Å². The first-order chi connectivity index (χ1) is 12.0. The number of carbonyl (C=O) groups excluding carboxylic acids is 1. The van der Waals surface area contributed by atoms with E-state index >= 15 is 0 Å². The molecule has 3 atom stereocenters. The number of aromatic nitrogens is 3. The number of rotatable bonds is 4. The van der Waals surface area contributed by atoms with Crippen LogP contribution in [-0.2, 0) is 0 Å². The van der Waals surface area contributed by atoms with Crippen LogP contribution < -0.4 is 10.6 Å². The lowest BCUT2D eigenvalue weighted by Crippen LogP contribution is -2.48. The van der Waals surface area contributed by atoms with E-state index < -0.39 is 0 Å². The molecule has 2 aromatic rings. The molecular formula is C19H29Cl2N5O. The van der Waals surface area contributed by atoms with Crippen LogP contribution in [0.2, 0.25) is 0 Å². The van der Waals surface area contributed by atoms with E-state index in [0.29, 0.717) is 17.6 Å². The van der Waals surface area contributed by atoms with Gasteiger partial charge in [0.1, 0.15) is 0 Å². The smallest absolute Gasteiger partial charge is 0.252 e. The van der Waals surface area contributed by atoms with E-state index in [2.05, 4.69) is 34.6 Å². The van der Waals surface area contributed by atoms with Gasteiger partial charge in [0.25, 0.3) is 5.91 Å². The second-order valence-corrected chi connectivity index (χ2v) is 7.67. The van der Waals surface area contributed by atoms with E-state index in [1.54, 1.807) is 6.20 Å². The minimum Gasteiger partial charge on any atom is -0.349 e. The molecule has 6 nitrogen and oxygen atoms in total. The summed E-state index contributed by atoms with van der Waals surface area (Å²) in [7, 11) is 0. The summed E-state index contributed by atoms with van der Waals surface area (Å²) < 4.78 is 1.93. The fraction of sp³-hybridized carbons (Fsp3) is 0.632. The van der Waals surface area contributed by atoms with Crippen LogP contribution >= 0.6 is 24.8 Å². The van der Waals surface area contributed by atoms with Gasteiger partial charge in [-0.05, 0) is 52.0 Å². The molecule has 2 aliphatic rings. The molecule has 0 radical (unpaired) electrons. The third-order valence-corrected chi connectivity index (χ3v) is 5.76. The van der Waals surface area contributed by atoms with Gasteiger partial charge in [-0.1, -0.05) is 6.92 Å². The monoisotopic (exact) mass is 413 g/mol. The average Bonchev–Trinajstić information content (AvgIpc) is 3.16. The lowest BCUT2D eigenvalue weighted by Gasteiger charge is -2.29. The number of nitrogens with zero attached hydrogens (tertiary/aromatic N) is 3. The van der Waals surface area contributed by atoms with E-state index in [1.807, 2.05) is 17.7 Å². The highest BCUT2D eigenvalue weighted by atomic mass is 35.5. The number of hydrogen-bond donors (Lipinski definition) is 2. The lowest BCUT2D eigenvalue weighted by molar-refractivity contribution is 0.0925. The first-order valence-electron chi connectivity index (χ1n) is 9.47. The van der Waals surface area contributed by atoms with Crippen molar-refractivity contribution >= 4 is 41.8 Å². The fourth-order valence-corrected chi connectivity index (χ4v) is 4.26. The van der Waals surface area contributed by atoms with Gasteiger partial charge in [-0.2, -0.15) is 5.10 Å². The molecule has 2 aliphatic heterocycles. The number of pyridine rings is 1. The number of carbonyl (C=O) groups is 1. The molecule has 0 aliphatic carbocycles. The topological polar surface area (TPSA) is 71.8 Å². The highest BCUT2D eigenvalue weighted by molar-refractivity contribution is 6.05. The molecule has 27 heavy (non-hydrogen) atoms. The number of amides is 1. The van der Waals surface area contributed by atoms with Crippen molar-refractivity contribution in [1.29, 1.82) is 0 Å². The van der Waals surface area contributed by atoms with Gasteiger partial charge in [-0.25, -0.2) is 9.67 Å². The van der Waals surface area contributed by atoms with Crippen molar-refractivity contribution in [3.05, 3.63) is 23.5 Å². The van der Waals surface area contributed by atoms with Crippen LogP contribution in [0, 0.1) is 6.92 Å². The Hall–Kier alpha value is -1.37. The zero-order valence-corrected chi connectivity index (χ0v) is 17.7. The molecule has 0 saturated carbocycles. The second kappa shape index (κ2) is 8.76. The number of halogens is 2. The quantitative estimate of drug-likeness (QED) is 0.803. The van der Waals surface area contributed by atoms with Gasteiger partial charge in [-0.3, -0.25) is 4.79 Å². The number of nitrogens with one attached hydrogen (secondary N) is 2. The molecule has 4 rings (SSSR count). The fourth-order valence-electron chi connectivity index (χ4n) is 4.26. The molecule has 150 valence electrons. The predicted molar refractivity (Wildman–Crippen MR) is 112 cm³/mol. The van der Waals surface area contributed by atoms with Crippen molar-refractivity contribution in [2.75, 3.05) is 0 Å². The summed E-state index contributed by atoms with van der Waals surface area (Å²) in [6.07, 6.45) is 7.29. The van der Waals surface area contributed by atoms with Crippen molar-refractivity contribution in [3.8, 4) is 0 Å². The maximum atomic E-state index is 13.0. The molecule has 2 aromatic heterocycles. The van der Waals surface area contributed by atoms with Crippen LogP contribution in [0.4, 0.5) is 0 Å². The summed E-state index contributed by atoms with van der Waals surface area (Å²) in [6, 6.07) is 3.55. The van der Waals surface area contributed by atoms with Crippen LogP contribution in [0.15, 0.2) is 12.3 Å². The number of aryl methyl sites for hydroxylation is 1. The van der Waals surface area contributed by atoms with Gasteiger partial charge in [0.15, 0.2) is 5.65 Å². The Labute approximate surface area is 172 Å². The highest BCUT2D eigenvalue weighted by Gasteiger charge is 2.34. The Morgan fingerprint density at radius 2 is 2.00 bits per heavy atom. The number of hydrogen-bond acceptors (Lipinski definition) is 4. The van der Waals surface area contributed by atoms with Gasteiger partial charge in [-0.15, -0.1) is 24.8 Å². The summed E-state index contributed by atoms with van der Waals surface area (Å²) >= 11 is 0. The number of fused-ring (bicyclic) bond motifs is 3. The zero-order chi connectivity index (χ0) is 17.6. The Balaban J connectivity index is 0.00000131. The molecule has 3 unspecified atom stereocenters. The molecule has 4 heterocycles. The zero-order valence-electron chi connectivity index (χ0n) is 16.1. The Bertz CT molecular complexity index is 797. The maximum Gasteiger partial charge on any atom is 0.252 e. The standard InChI is InChI=1S/C19H27N5O.2ClH/c1-4-12(3)24-18-17(10-20-24)16(7-11(2)21-18)19(25)23-15-8-13-5-6-14(9-15)22-13;;/h7,10,12-15,22H,4-6,8-9H2,1-3H3,(H,23,25);2*1H. The van der Waals surface area contributed by atoms with Gasteiger partial charge in [0.2, 0.25) is 0 Å². The molecule has 0 aromatic carbocycles. The largest absolute Gasteiger partial charge is 0.349 e. The van der Waals surface area contributed by atoms with Crippen molar-refractivity contribution in [2.24, 2.45) is 0 Å².